The van der Waals surface area contributed by atoms with Gasteiger partial charge in [-0.1, -0.05) is 12.1 Å². The molecule has 0 saturated heterocycles. The Hall–Kier alpha value is -1.44. The van der Waals surface area contributed by atoms with Gasteiger partial charge >= 0.3 is 0 Å². The van der Waals surface area contributed by atoms with Gasteiger partial charge in [0.25, 0.3) is 10.0 Å². The Bertz CT molecular complexity index is 683. The van der Waals surface area contributed by atoms with Crippen LogP contribution < -0.4 is 10.0 Å². The minimum Gasteiger partial charge on any atom is -0.326 e. The minimum absolute atomic E-state index is 0.0108. The van der Waals surface area contributed by atoms with Crippen LogP contribution in [0.4, 0.5) is 10.1 Å². The molecule has 0 radical (unpaired) electrons. The fourth-order valence-corrected chi connectivity index (χ4v) is 4.20. The van der Waals surface area contributed by atoms with Crippen LogP contribution in [0.3, 0.4) is 0 Å². The Balaban J connectivity index is 2.49. The molecule has 102 valence electrons. The van der Waals surface area contributed by atoms with E-state index in [1.54, 1.807) is 11.4 Å². The lowest BCUT2D eigenvalue weighted by Crippen LogP contribution is -2.28. The summed E-state index contributed by atoms with van der Waals surface area (Å²) >= 11 is 1.27. The number of halogens is 1. The molecule has 2 rings (SSSR count). The Morgan fingerprint density at radius 2 is 2.00 bits per heavy atom. The molecule has 0 bridgehead atoms. The van der Waals surface area contributed by atoms with Crippen LogP contribution in [0.25, 0.3) is 0 Å². The number of sulfonamides is 1. The lowest BCUT2D eigenvalue weighted by atomic mass is 10.3. The summed E-state index contributed by atoms with van der Waals surface area (Å²) in [7, 11) is -2.47. The van der Waals surface area contributed by atoms with E-state index in [-0.39, 0.29) is 17.1 Å². The van der Waals surface area contributed by atoms with Gasteiger partial charge < -0.3 is 5.73 Å². The van der Waals surface area contributed by atoms with Gasteiger partial charge in [-0.05, 0) is 23.6 Å². The maximum absolute atomic E-state index is 13.7. The van der Waals surface area contributed by atoms with Crippen LogP contribution in [0.5, 0.6) is 0 Å². The molecule has 0 saturated carbocycles. The third-order valence-electron chi connectivity index (χ3n) is 2.72. The molecule has 1 aromatic heterocycles. The predicted octanol–water partition coefficient (Wildman–Crippen LogP) is 2.17. The van der Waals surface area contributed by atoms with Crippen LogP contribution >= 0.6 is 11.3 Å². The number of rotatable bonds is 4. The minimum atomic E-state index is -3.79. The summed E-state index contributed by atoms with van der Waals surface area (Å²) in [5, 5.41) is 1.66. The molecule has 0 aliphatic heterocycles. The summed E-state index contributed by atoms with van der Waals surface area (Å²) in [5.41, 5.74) is 5.52. The van der Waals surface area contributed by atoms with E-state index in [0.717, 1.165) is 4.31 Å². The van der Waals surface area contributed by atoms with Gasteiger partial charge in [-0.15, -0.1) is 11.3 Å². The van der Waals surface area contributed by atoms with Gasteiger partial charge in [-0.25, -0.2) is 12.8 Å². The standard InChI is InChI=1S/C12H13FN2O2S2/c1-15(10-5-3-2-4-9(10)13)19(16,17)12-6-7-18-11(12)8-14/h2-7H,8,14H2,1H3. The molecule has 0 spiro atoms. The first-order valence-electron chi connectivity index (χ1n) is 5.48. The van der Waals surface area contributed by atoms with Crippen molar-refractivity contribution in [3.8, 4) is 0 Å². The number of benzene rings is 1. The van der Waals surface area contributed by atoms with Crippen LogP contribution in [0.1, 0.15) is 4.88 Å². The van der Waals surface area contributed by atoms with Crippen molar-refractivity contribution in [3.63, 3.8) is 0 Å². The molecule has 19 heavy (non-hydrogen) atoms. The lowest BCUT2D eigenvalue weighted by molar-refractivity contribution is 0.589. The second kappa shape index (κ2) is 5.28. The Labute approximate surface area is 115 Å². The van der Waals surface area contributed by atoms with Crippen molar-refractivity contribution in [2.45, 2.75) is 11.4 Å². The fraction of sp³-hybridized carbons (Fsp3) is 0.167. The van der Waals surface area contributed by atoms with Gasteiger partial charge in [0.15, 0.2) is 0 Å². The van der Waals surface area contributed by atoms with Crippen molar-refractivity contribution >= 4 is 27.0 Å². The Kier molecular flexibility index (Phi) is 3.88. The number of nitrogens with two attached hydrogens (primary N) is 1. The molecular weight excluding hydrogens is 287 g/mol. The highest BCUT2D eigenvalue weighted by atomic mass is 32.2. The van der Waals surface area contributed by atoms with Crippen LogP contribution in [0.2, 0.25) is 0 Å². The number of nitrogens with zero attached hydrogens (tertiary/aromatic N) is 1. The number of para-hydroxylation sites is 1. The highest BCUT2D eigenvalue weighted by molar-refractivity contribution is 7.93. The quantitative estimate of drug-likeness (QED) is 0.941. The highest BCUT2D eigenvalue weighted by Gasteiger charge is 2.26. The second-order valence-corrected chi connectivity index (χ2v) is 6.77. The number of anilines is 1. The van der Waals surface area contributed by atoms with Crippen molar-refractivity contribution in [1.29, 1.82) is 0 Å². The van der Waals surface area contributed by atoms with E-state index in [1.165, 1.54) is 42.6 Å². The van der Waals surface area contributed by atoms with Gasteiger partial charge in [0.2, 0.25) is 0 Å². The largest absolute Gasteiger partial charge is 0.326 e. The Morgan fingerprint density at radius 1 is 1.32 bits per heavy atom. The number of hydrogen-bond donors (Lipinski definition) is 1. The van der Waals surface area contributed by atoms with E-state index < -0.39 is 15.8 Å². The normalized spacial score (nSPS) is 11.5. The molecule has 0 aliphatic carbocycles. The van der Waals surface area contributed by atoms with Crippen molar-refractivity contribution in [2.24, 2.45) is 5.73 Å². The van der Waals surface area contributed by atoms with E-state index >= 15 is 0 Å². The molecule has 0 aliphatic rings. The van der Waals surface area contributed by atoms with Gasteiger partial charge in [0, 0.05) is 18.5 Å². The van der Waals surface area contributed by atoms with Crippen LogP contribution in [0.15, 0.2) is 40.6 Å². The third kappa shape index (κ3) is 2.49. The van der Waals surface area contributed by atoms with Gasteiger partial charge in [0.1, 0.15) is 10.7 Å². The topological polar surface area (TPSA) is 63.4 Å². The lowest BCUT2D eigenvalue weighted by Gasteiger charge is -2.20. The molecule has 0 unspecified atom stereocenters. The molecule has 2 N–H and O–H groups in total. The van der Waals surface area contributed by atoms with Crippen molar-refractivity contribution < 1.29 is 12.8 Å². The predicted molar refractivity (Wildman–Crippen MR) is 74.2 cm³/mol. The zero-order valence-electron chi connectivity index (χ0n) is 10.2. The van der Waals surface area contributed by atoms with Crippen LogP contribution in [-0.2, 0) is 16.6 Å². The molecule has 1 heterocycles. The maximum Gasteiger partial charge on any atom is 0.265 e. The first-order valence-corrected chi connectivity index (χ1v) is 7.80. The van der Waals surface area contributed by atoms with Crippen molar-refractivity contribution in [1.82, 2.24) is 0 Å². The van der Waals surface area contributed by atoms with Crippen molar-refractivity contribution in [3.05, 3.63) is 46.4 Å². The number of thiophene rings is 1. The van der Waals surface area contributed by atoms with Crippen LogP contribution in [-0.4, -0.2) is 15.5 Å². The molecule has 2 aromatic rings. The average Bonchev–Trinajstić information content (AvgIpc) is 2.87. The third-order valence-corrected chi connectivity index (χ3v) is 5.65. The zero-order valence-corrected chi connectivity index (χ0v) is 11.8. The molecular formula is C12H13FN2O2S2. The van der Waals surface area contributed by atoms with Gasteiger partial charge in [0.05, 0.1) is 5.69 Å². The molecule has 4 nitrogen and oxygen atoms in total. The Morgan fingerprint density at radius 3 is 2.63 bits per heavy atom. The summed E-state index contributed by atoms with van der Waals surface area (Å²) in [6, 6.07) is 7.22. The van der Waals surface area contributed by atoms with Gasteiger partial charge in [-0.2, -0.15) is 0 Å². The van der Waals surface area contributed by atoms with E-state index in [9.17, 15) is 12.8 Å². The first-order chi connectivity index (χ1) is 8.98. The van der Waals surface area contributed by atoms with Crippen molar-refractivity contribution in [2.75, 3.05) is 11.4 Å². The average molecular weight is 300 g/mol. The van der Waals surface area contributed by atoms with E-state index in [4.69, 9.17) is 5.73 Å². The summed E-state index contributed by atoms with van der Waals surface area (Å²) in [6.45, 7) is 0.136. The maximum atomic E-state index is 13.7. The summed E-state index contributed by atoms with van der Waals surface area (Å²) in [6.07, 6.45) is 0. The SMILES string of the molecule is CN(c1ccccc1F)S(=O)(=O)c1ccsc1CN. The van der Waals surface area contributed by atoms with Gasteiger partial charge in [-0.3, -0.25) is 4.31 Å². The molecule has 0 amide bonds. The molecule has 0 atom stereocenters. The van der Waals surface area contributed by atoms with E-state index in [0.29, 0.717) is 4.88 Å². The van der Waals surface area contributed by atoms with Crippen LogP contribution in [0, 0.1) is 5.82 Å². The summed E-state index contributed by atoms with van der Waals surface area (Å²) in [5.74, 6) is -0.585. The highest BCUT2D eigenvalue weighted by Crippen LogP contribution is 2.28. The summed E-state index contributed by atoms with van der Waals surface area (Å²) in [4.78, 5) is 0.689. The second-order valence-electron chi connectivity index (χ2n) is 3.84. The monoisotopic (exact) mass is 300 g/mol. The molecule has 1 aromatic carbocycles. The molecule has 7 heteroatoms. The zero-order chi connectivity index (χ0) is 14.0. The summed E-state index contributed by atoms with van der Waals surface area (Å²) < 4.78 is 39.5. The number of hydrogen-bond acceptors (Lipinski definition) is 4. The smallest absolute Gasteiger partial charge is 0.265 e. The first kappa shape index (κ1) is 14.0. The van der Waals surface area contributed by atoms with E-state index in [2.05, 4.69) is 0 Å². The fourth-order valence-electron chi connectivity index (χ4n) is 1.69. The van der Waals surface area contributed by atoms with E-state index in [1.807, 2.05) is 0 Å². The molecule has 0 fully saturated rings.